The quantitative estimate of drug-likeness (QED) is 0.640. The van der Waals surface area contributed by atoms with Crippen molar-refractivity contribution in [1.29, 1.82) is 0 Å². The van der Waals surface area contributed by atoms with E-state index in [0.29, 0.717) is 0 Å². The van der Waals surface area contributed by atoms with Crippen LogP contribution in [0.25, 0.3) is 0 Å². The van der Waals surface area contributed by atoms with Crippen molar-refractivity contribution in [2.45, 2.75) is 34.2 Å². The summed E-state index contributed by atoms with van der Waals surface area (Å²) in [4.78, 5) is 4.02. The molecule has 3 heteroatoms. The van der Waals surface area contributed by atoms with E-state index >= 15 is 0 Å². The van der Waals surface area contributed by atoms with Crippen molar-refractivity contribution in [3.05, 3.63) is 17.2 Å². The molecule has 0 spiro atoms. The average molecular weight is 175 g/mol. The van der Waals surface area contributed by atoms with Crippen molar-refractivity contribution < 1.29 is 0 Å². The van der Waals surface area contributed by atoms with Crippen LogP contribution in [0.4, 0.5) is 0 Å². The number of aryl methyl sites for hydroxylation is 2. The average Bonchev–Trinajstić information content (AvgIpc) is 2.37. The van der Waals surface area contributed by atoms with Gasteiger partial charge in [-0.3, -0.25) is 0 Å². The molecule has 1 aromatic heterocycles. The minimum absolute atomic E-state index is 0.748. The van der Waals surface area contributed by atoms with E-state index in [2.05, 4.69) is 4.98 Å². The molecule has 0 atom stereocenters. The summed E-state index contributed by atoms with van der Waals surface area (Å²) in [6.07, 6.45) is 1.75. The Kier molecular flexibility index (Phi) is 4.95. The van der Waals surface area contributed by atoms with Crippen molar-refractivity contribution in [1.82, 2.24) is 9.55 Å². The lowest BCUT2D eigenvalue weighted by Gasteiger charge is -1.95. The molecular weight excluding hydrogens is 160 g/mol. The Hall–Kier alpha value is -0.500. The minimum Gasteiger partial charge on any atom is -0.322 e. The van der Waals surface area contributed by atoms with Gasteiger partial charge in [-0.1, -0.05) is 25.4 Å². The highest BCUT2D eigenvalue weighted by atomic mass is 35.5. The first-order valence-corrected chi connectivity index (χ1v) is 4.30. The van der Waals surface area contributed by atoms with Crippen LogP contribution in [0.3, 0.4) is 0 Å². The van der Waals surface area contributed by atoms with Crippen LogP contribution in [0.5, 0.6) is 0 Å². The lowest BCUT2D eigenvalue weighted by atomic mass is 10.5. The van der Waals surface area contributed by atoms with Gasteiger partial charge in [-0.2, -0.15) is 0 Å². The third-order valence-electron chi connectivity index (χ3n) is 1.28. The predicted molar refractivity (Wildman–Crippen MR) is 49.0 cm³/mol. The molecule has 0 radical (unpaired) electrons. The number of hydrogen-bond acceptors (Lipinski definition) is 1. The number of halogens is 1. The topological polar surface area (TPSA) is 17.8 Å². The first kappa shape index (κ1) is 10.5. The molecule has 0 fully saturated rings. The monoisotopic (exact) mass is 174 g/mol. The normalized spacial score (nSPS) is 8.82. The summed E-state index contributed by atoms with van der Waals surface area (Å²) in [5, 5.41) is 0.748. The first-order chi connectivity index (χ1) is 5.25. The van der Waals surface area contributed by atoms with Gasteiger partial charge in [-0.05, 0) is 13.8 Å². The molecule has 1 heterocycles. The summed E-state index contributed by atoms with van der Waals surface area (Å²) >= 11 is 5.81. The second-order valence-corrected chi connectivity index (χ2v) is 2.26. The molecule has 0 amide bonds. The number of hydrogen-bond donors (Lipinski definition) is 0. The number of aromatic nitrogens is 2. The van der Waals surface area contributed by atoms with Crippen LogP contribution in [0.15, 0.2) is 6.33 Å². The molecule has 1 rings (SSSR count). The molecule has 0 saturated carbocycles. The van der Waals surface area contributed by atoms with Crippen molar-refractivity contribution >= 4 is 11.6 Å². The SMILES string of the molecule is CC.CCn1cnc(C)c1Cl. The molecule has 0 aliphatic heterocycles. The van der Waals surface area contributed by atoms with Crippen molar-refractivity contribution in [3.8, 4) is 0 Å². The van der Waals surface area contributed by atoms with Crippen molar-refractivity contribution in [2.75, 3.05) is 0 Å². The van der Waals surface area contributed by atoms with Crippen LogP contribution in [-0.2, 0) is 6.54 Å². The fraction of sp³-hybridized carbons (Fsp3) is 0.625. The highest BCUT2D eigenvalue weighted by Crippen LogP contribution is 2.11. The van der Waals surface area contributed by atoms with Crippen molar-refractivity contribution in [2.24, 2.45) is 0 Å². The highest BCUT2D eigenvalue weighted by Gasteiger charge is 1.99. The van der Waals surface area contributed by atoms with Crippen molar-refractivity contribution in [3.63, 3.8) is 0 Å². The molecule has 0 N–H and O–H groups in total. The highest BCUT2D eigenvalue weighted by molar-refractivity contribution is 6.30. The van der Waals surface area contributed by atoms with E-state index < -0.39 is 0 Å². The Labute approximate surface area is 73.2 Å². The van der Waals surface area contributed by atoms with Gasteiger partial charge < -0.3 is 4.57 Å². The summed E-state index contributed by atoms with van der Waals surface area (Å²) in [6.45, 7) is 8.82. The number of rotatable bonds is 1. The largest absolute Gasteiger partial charge is 0.322 e. The molecule has 1 aromatic rings. The van der Waals surface area contributed by atoms with Gasteiger partial charge in [0.1, 0.15) is 5.15 Å². The second-order valence-electron chi connectivity index (χ2n) is 1.91. The Morgan fingerprint density at radius 1 is 1.55 bits per heavy atom. The Bertz CT molecular complexity index is 206. The fourth-order valence-electron chi connectivity index (χ4n) is 0.689. The van der Waals surface area contributed by atoms with Crippen LogP contribution in [0, 0.1) is 6.92 Å². The maximum Gasteiger partial charge on any atom is 0.131 e. The Morgan fingerprint density at radius 3 is 2.27 bits per heavy atom. The van der Waals surface area contributed by atoms with E-state index in [9.17, 15) is 0 Å². The second kappa shape index (κ2) is 5.19. The molecular formula is C8H15ClN2. The van der Waals surface area contributed by atoms with Gasteiger partial charge in [-0.15, -0.1) is 0 Å². The molecule has 0 aromatic carbocycles. The summed E-state index contributed by atoms with van der Waals surface area (Å²) in [5.41, 5.74) is 0.901. The predicted octanol–water partition coefficient (Wildman–Crippen LogP) is 2.89. The Balaban J connectivity index is 0.000000461. The molecule has 0 aliphatic carbocycles. The molecule has 11 heavy (non-hydrogen) atoms. The summed E-state index contributed by atoms with van der Waals surface area (Å²) in [5.74, 6) is 0. The standard InChI is InChI=1S/C6H9ClN2.C2H6/c1-3-9-4-8-5(2)6(9)7;1-2/h4H,3H2,1-2H3;1-2H3. The van der Waals surface area contributed by atoms with Crippen LogP contribution in [0.2, 0.25) is 5.15 Å². The zero-order valence-corrected chi connectivity index (χ0v) is 8.31. The third kappa shape index (κ3) is 2.54. The summed E-state index contributed by atoms with van der Waals surface area (Å²) in [6, 6.07) is 0. The van der Waals surface area contributed by atoms with Gasteiger partial charge in [0, 0.05) is 6.54 Å². The zero-order valence-electron chi connectivity index (χ0n) is 7.56. The molecule has 2 nitrogen and oxygen atoms in total. The number of nitrogens with zero attached hydrogens (tertiary/aromatic N) is 2. The van der Waals surface area contributed by atoms with Gasteiger partial charge in [0.15, 0.2) is 0 Å². The first-order valence-electron chi connectivity index (χ1n) is 3.93. The molecule has 0 bridgehead atoms. The van der Waals surface area contributed by atoms with E-state index in [1.165, 1.54) is 0 Å². The van der Waals surface area contributed by atoms with E-state index in [1.54, 1.807) is 6.33 Å². The zero-order chi connectivity index (χ0) is 8.85. The fourth-order valence-corrected chi connectivity index (χ4v) is 0.901. The summed E-state index contributed by atoms with van der Waals surface area (Å²) in [7, 11) is 0. The van der Waals surface area contributed by atoms with Crippen LogP contribution < -0.4 is 0 Å². The smallest absolute Gasteiger partial charge is 0.131 e. The van der Waals surface area contributed by atoms with E-state index in [1.807, 2.05) is 32.3 Å². The molecule has 0 saturated heterocycles. The minimum atomic E-state index is 0.748. The van der Waals surface area contributed by atoms with Gasteiger partial charge in [0.25, 0.3) is 0 Å². The van der Waals surface area contributed by atoms with Gasteiger partial charge in [-0.25, -0.2) is 4.98 Å². The lowest BCUT2D eigenvalue weighted by Crippen LogP contribution is -1.90. The molecule has 0 unspecified atom stereocenters. The van der Waals surface area contributed by atoms with Gasteiger partial charge >= 0.3 is 0 Å². The molecule has 0 aliphatic rings. The van der Waals surface area contributed by atoms with E-state index in [4.69, 9.17) is 11.6 Å². The van der Waals surface area contributed by atoms with Crippen LogP contribution >= 0.6 is 11.6 Å². The summed E-state index contributed by atoms with van der Waals surface area (Å²) < 4.78 is 1.90. The Morgan fingerprint density at radius 2 is 2.09 bits per heavy atom. The van der Waals surface area contributed by atoms with Crippen LogP contribution in [0.1, 0.15) is 26.5 Å². The molecule has 64 valence electrons. The number of imidazole rings is 1. The third-order valence-corrected chi connectivity index (χ3v) is 1.77. The van der Waals surface area contributed by atoms with E-state index in [0.717, 1.165) is 17.4 Å². The van der Waals surface area contributed by atoms with Gasteiger partial charge in [0.05, 0.1) is 12.0 Å². The van der Waals surface area contributed by atoms with E-state index in [-0.39, 0.29) is 0 Å². The van der Waals surface area contributed by atoms with Crippen LogP contribution in [-0.4, -0.2) is 9.55 Å². The maximum absolute atomic E-state index is 5.81. The maximum atomic E-state index is 5.81. The van der Waals surface area contributed by atoms with Gasteiger partial charge in [0.2, 0.25) is 0 Å². The lowest BCUT2D eigenvalue weighted by molar-refractivity contribution is 0.762.